The Balaban J connectivity index is 2.06. The molecule has 0 aliphatic heterocycles. The number of nitrogens with zero attached hydrogens (tertiary/aromatic N) is 2. The Labute approximate surface area is 123 Å². The third-order valence-electron chi connectivity index (χ3n) is 2.14. The fraction of sp³-hybridized carbons (Fsp3) is 0.300. The van der Waals surface area contributed by atoms with Crippen LogP contribution < -0.4 is 0 Å². The smallest absolute Gasteiger partial charge is 0.303 e. The second-order valence-corrected chi connectivity index (χ2v) is 7.24. The highest BCUT2D eigenvalue weighted by atomic mass is 79.9. The predicted octanol–water partition coefficient (Wildman–Crippen LogP) is 3.73. The van der Waals surface area contributed by atoms with Crippen molar-refractivity contribution in [1.29, 1.82) is 0 Å². The Morgan fingerprint density at radius 1 is 1.44 bits per heavy atom. The highest BCUT2D eigenvalue weighted by Gasteiger charge is 2.14. The molecule has 2 heterocycles. The van der Waals surface area contributed by atoms with Gasteiger partial charge < -0.3 is 9.52 Å². The van der Waals surface area contributed by atoms with E-state index in [9.17, 15) is 4.79 Å². The molecule has 0 atom stereocenters. The summed E-state index contributed by atoms with van der Waals surface area (Å²) >= 11 is 8.32. The van der Waals surface area contributed by atoms with Crippen LogP contribution in [-0.2, 0) is 11.2 Å². The number of hydrogen-bond acceptors (Lipinski definition) is 5. The van der Waals surface area contributed by atoms with Crippen molar-refractivity contribution in [2.24, 2.45) is 0 Å². The number of aryl methyl sites for hydroxylation is 1. The van der Waals surface area contributed by atoms with E-state index in [0.29, 0.717) is 24.6 Å². The first-order chi connectivity index (χ1) is 8.56. The summed E-state index contributed by atoms with van der Waals surface area (Å²) in [5.41, 5.74) is 0.837. The second-order valence-electron chi connectivity index (χ2n) is 3.49. The van der Waals surface area contributed by atoms with Crippen LogP contribution in [0, 0.1) is 0 Å². The molecule has 0 aromatic carbocycles. The van der Waals surface area contributed by atoms with E-state index in [1.54, 1.807) is 0 Å². The molecule has 18 heavy (non-hydrogen) atoms. The molecule has 0 aliphatic carbocycles. The molecule has 5 nitrogen and oxygen atoms in total. The summed E-state index contributed by atoms with van der Waals surface area (Å²) < 4.78 is 7.37. The lowest BCUT2D eigenvalue weighted by Gasteiger charge is -1.92. The fourth-order valence-electron chi connectivity index (χ4n) is 1.34. The van der Waals surface area contributed by atoms with Crippen LogP contribution in [0.4, 0.5) is 0 Å². The average Bonchev–Trinajstić information content (AvgIpc) is 2.85. The summed E-state index contributed by atoms with van der Waals surface area (Å²) in [7, 11) is 0. The van der Waals surface area contributed by atoms with Gasteiger partial charge in [0.05, 0.1) is 13.1 Å². The van der Waals surface area contributed by atoms with Crippen molar-refractivity contribution < 1.29 is 14.3 Å². The minimum atomic E-state index is -0.820. The number of aliphatic carboxylic acids is 1. The van der Waals surface area contributed by atoms with Crippen LogP contribution in [0.15, 0.2) is 18.1 Å². The van der Waals surface area contributed by atoms with Crippen LogP contribution in [-0.4, -0.2) is 21.3 Å². The van der Waals surface area contributed by atoms with Gasteiger partial charge in [-0.25, -0.2) is 0 Å². The first kappa shape index (κ1) is 13.7. The molecule has 0 saturated carbocycles. The van der Waals surface area contributed by atoms with Gasteiger partial charge in [-0.3, -0.25) is 4.79 Å². The zero-order valence-corrected chi connectivity index (χ0v) is 13.0. The van der Waals surface area contributed by atoms with Gasteiger partial charge in [-0.2, -0.15) is 0 Å². The van der Waals surface area contributed by atoms with Gasteiger partial charge in [0.2, 0.25) is 11.8 Å². The molecule has 0 spiro atoms. The van der Waals surface area contributed by atoms with Gasteiger partial charge in [-0.15, -0.1) is 21.5 Å². The molecule has 1 N–H and O–H groups in total. The molecule has 96 valence electrons. The lowest BCUT2D eigenvalue weighted by Crippen LogP contribution is -1.95. The third kappa shape index (κ3) is 3.39. The van der Waals surface area contributed by atoms with E-state index in [2.05, 4.69) is 42.1 Å². The first-order valence-electron chi connectivity index (χ1n) is 5.05. The number of aromatic nitrogens is 2. The van der Waals surface area contributed by atoms with Gasteiger partial charge in [0, 0.05) is 12.8 Å². The zero-order valence-electron chi connectivity index (χ0n) is 9.02. The third-order valence-corrected chi connectivity index (χ3v) is 4.47. The molecule has 0 amide bonds. The maximum Gasteiger partial charge on any atom is 0.303 e. The van der Waals surface area contributed by atoms with Crippen LogP contribution in [0.5, 0.6) is 0 Å². The Kier molecular flexibility index (Phi) is 4.52. The van der Waals surface area contributed by atoms with Gasteiger partial charge in [-0.1, -0.05) is 0 Å². The molecule has 0 aliphatic rings. The summed E-state index contributed by atoms with van der Waals surface area (Å²) in [6, 6.07) is 1.89. The van der Waals surface area contributed by atoms with Crippen molar-refractivity contribution in [3.05, 3.63) is 19.5 Å². The largest absolute Gasteiger partial charge is 0.481 e. The number of carboxylic acids is 1. The van der Waals surface area contributed by atoms with Crippen LogP contribution in [0.25, 0.3) is 11.5 Å². The highest BCUT2D eigenvalue weighted by Crippen LogP contribution is 2.37. The summed E-state index contributed by atoms with van der Waals surface area (Å²) in [5.74, 6) is 0.0777. The lowest BCUT2D eigenvalue weighted by atomic mass is 10.2. The maximum absolute atomic E-state index is 10.4. The molecule has 0 unspecified atom stereocenters. The van der Waals surface area contributed by atoms with Gasteiger partial charge in [0.25, 0.3) is 0 Å². The summed E-state index contributed by atoms with van der Waals surface area (Å²) in [5, 5.41) is 16.4. The standard InChI is InChI=1S/C10H8Br2N2O3S/c11-6-4-5(9(12)18-6)10-14-13-7(17-10)2-1-3-8(15)16/h4H,1-3H2,(H,15,16). The van der Waals surface area contributed by atoms with Crippen LogP contribution >= 0.6 is 43.2 Å². The minimum absolute atomic E-state index is 0.103. The monoisotopic (exact) mass is 394 g/mol. The number of halogens is 2. The van der Waals surface area contributed by atoms with Crippen molar-refractivity contribution in [3.63, 3.8) is 0 Å². The number of hydrogen-bond donors (Lipinski definition) is 1. The van der Waals surface area contributed by atoms with Crippen LogP contribution in [0.3, 0.4) is 0 Å². The van der Waals surface area contributed by atoms with E-state index in [1.807, 2.05) is 6.07 Å². The van der Waals surface area contributed by atoms with E-state index < -0.39 is 5.97 Å². The minimum Gasteiger partial charge on any atom is -0.481 e. The quantitative estimate of drug-likeness (QED) is 0.834. The molecule has 0 bridgehead atoms. The van der Waals surface area contributed by atoms with Crippen molar-refractivity contribution in [3.8, 4) is 11.5 Å². The SMILES string of the molecule is O=C(O)CCCc1nnc(-c2cc(Br)sc2Br)o1. The Morgan fingerprint density at radius 2 is 2.22 bits per heavy atom. The van der Waals surface area contributed by atoms with Gasteiger partial charge in [-0.05, 0) is 44.3 Å². The number of carboxylic acid groups (broad SMARTS) is 1. The van der Waals surface area contributed by atoms with Crippen molar-refractivity contribution in [2.45, 2.75) is 19.3 Å². The van der Waals surface area contributed by atoms with Crippen LogP contribution in [0.2, 0.25) is 0 Å². The van der Waals surface area contributed by atoms with E-state index in [4.69, 9.17) is 9.52 Å². The topological polar surface area (TPSA) is 76.2 Å². The summed E-state index contributed by atoms with van der Waals surface area (Å²) in [6.07, 6.45) is 1.07. The van der Waals surface area contributed by atoms with Gasteiger partial charge in [0.15, 0.2) is 0 Å². The van der Waals surface area contributed by atoms with E-state index in [0.717, 1.165) is 13.1 Å². The van der Waals surface area contributed by atoms with Crippen molar-refractivity contribution >= 4 is 49.2 Å². The number of carbonyl (C=O) groups is 1. The highest BCUT2D eigenvalue weighted by molar-refractivity contribution is 9.12. The number of thiophene rings is 1. The average molecular weight is 396 g/mol. The zero-order chi connectivity index (χ0) is 13.1. The molecule has 2 rings (SSSR count). The van der Waals surface area contributed by atoms with E-state index in [1.165, 1.54) is 11.3 Å². The fourth-order valence-corrected chi connectivity index (χ4v) is 4.12. The molecule has 2 aromatic heterocycles. The Hall–Kier alpha value is -0.730. The van der Waals surface area contributed by atoms with Crippen molar-refractivity contribution in [1.82, 2.24) is 10.2 Å². The van der Waals surface area contributed by atoms with Gasteiger partial charge in [0.1, 0.15) is 0 Å². The molecule has 0 radical (unpaired) electrons. The molecular formula is C10H8Br2N2O3S. The van der Waals surface area contributed by atoms with E-state index in [-0.39, 0.29) is 6.42 Å². The van der Waals surface area contributed by atoms with Crippen molar-refractivity contribution in [2.75, 3.05) is 0 Å². The second kappa shape index (κ2) is 5.94. The summed E-state index contributed by atoms with van der Waals surface area (Å²) in [4.78, 5) is 10.4. The number of rotatable bonds is 5. The van der Waals surface area contributed by atoms with Crippen LogP contribution in [0.1, 0.15) is 18.7 Å². The first-order valence-corrected chi connectivity index (χ1v) is 7.46. The lowest BCUT2D eigenvalue weighted by molar-refractivity contribution is -0.137. The molecule has 8 heteroatoms. The van der Waals surface area contributed by atoms with E-state index >= 15 is 0 Å². The maximum atomic E-state index is 10.4. The normalized spacial score (nSPS) is 10.8. The summed E-state index contributed by atoms with van der Waals surface area (Å²) in [6.45, 7) is 0. The molecule has 0 saturated heterocycles. The molecular weight excluding hydrogens is 388 g/mol. The molecule has 2 aromatic rings. The predicted molar refractivity (Wildman–Crippen MR) is 73.6 cm³/mol. The Morgan fingerprint density at radius 3 is 2.83 bits per heavy atom. The molecule has 0 fully saturated rings. The Bertz CT molecular complexity index is 567. The van der Waals surface area contributed by atoms with Gasteiger partial charge >= 0.3 is 5.97 Å².